The number of nitrogens with zero attached hydrogens (tertiary/aromatic N) is 3. The van der Waals surface area contributed by atoms with Gasteiger partial charge in [0.15, 0.2) is 5.96 Å². The average Bonchev–Trinajstić information content (AvgIpc) is 3.18. The molecule has 1 aromatic rings. The number of rotatable bonds is 9. The lowest BCUT2D eigenvalue weighted by Crippen LogP contribution is -2.39. The number of aliphatic imine (C=N–C) groups is 1. The van der Waals surface area contributed by atoms with Gasteiger partial charge in [0.1, 0.15) is 0 Å². The van der Waals surface area contributed by atoms with Gasteiger partial charge in [-0.05, 0) is 50.4 Å². The second kappa shape index (κ2) is 13.8. The number of carbonyl (C=O) groups excluding carboxylic acids is 1. The Morgan fingerprint density at radius 1 is 1.10 bits per heavy atom. The summed E-state index contributed by atoms with van der Waals surface area (Å²) in [5.41, 5.74) is 2.13. The summed E-state index contributed by atoms with van der Waals surface area (Å²) in [7, 11) is 0. The quantitative estimate of drug-likeness (QED) is 0.223. The highest BCUT2D eigenvalue weighted by atomic mass is 127. The van der Waals surface area contributed by atoms with Crippen molar-refractivity contribution in [1.82, 2.24) is 15.5 Å². The van der Waals surface area contributed by atoms with Crippen LogP contribution in [-0.2, 0) is 16.1 Å². The summed E-state index contributed by atoms with van der Waals surface area (Å²) in [6, 6.07) is 8.19. The monoisotopic (exact) mass is 529 g/mol. The van der Waals surface area contributed by atoms with Crippen molar-refractivity contribution < 1.29 is 9.53 Å². The van der Waals surface area contributed by atoms with E-state index in [9.17, 15) is 4.79 Å². The number of amides is 1. The zero-order valence-electron chi connectivity index (χ0n) is 18.1. The fourth-order valence-electron chi connectivity index (χ4n) is 3.71. The Morgan fingerprint density at radius 3 is 2.53 bits per heavy atom. The number of unbranched alkanes of at least 4 members (excludes halogenated alkanes) is 1. The molecule has 2 N–H and O–H groups in total. The predicted octanol–water partition coefficient (Wildman–Crippen LogP) is 2.60. The zero-order chi connectivity index (χ0) is 20.3. The van der Waals surface area contributed by atoms with Crippen molar-refractivity contribution >= 4 is 41.5 Å². The summed E-state index contributed by atoms with van der Waals surface area (Å²) < 4.78 is 5.39. The zero-order valence-corrected chi connectivity index (χ0v) is 20.4. The van der Waals surface area contributed by atoms with Gasteiger partial charge in [0, 0.05) is 44.8 Å². The maximum Gasteiger partial charge on any atom is 0.227 e. The van der Waals surface area contributed by atoms with Gasteiger partial charge in [0.05, 0.1) is 19.8 Å². The van der Waals surface area contributed by atoms with Gasteiger partial charge in [0.25, 0.3) is 0 Å². The number of carbonyl (C=O) groups is 1. The van der Waals surface area contributed by atoms with Gasteiger partial charge in [-0.1, -0.05) is 12.1 Å². The van der Waals surface area contributed by atoms with Crippen molar-refractivity contribution in [3.8, 4) is 0 Å². The third-order valence-electron chi connectivity index (χ3n) is 5.38. The topological polar surface area (TPSA) is 69.2 Å². The molecule has 1 aromatic carbocycles. The molecule has 0 bridgehead atoms. The molecular weight excluding hydrogens is 493 g/mol. The second-order valence-electron chi connectivity index (χ2n) is 7.60. The molecule has 30 heavy (non-hydrogen) atoms. The lowest BCUT2D eigenvalue weighted by Gasteiger charge is -2.26. The lowest BCUT2D eigenvalue weighted by molar-refractivity contribution is -0.117. The van der Waals surface area contributed by atoms with Crippen molar-refractivity contribution in [2.24, 2.45) is 4.99 Å². The van der Waals surface area contributed by atoms with Crippen molar-refractivity contribution in [3.05, 3.63) is 29.8 Å². The molecule has 7 nitrogen and oxygen atoms in total. The number of anilines is 1. The second-order valence-corrected chi connectivity index (χ2v) is 7.60. The molecule has 0 unspecified atom stereocenters. The Labute approximate surface area is 197 Å². The molecule has 1 amide bonds. The number of hydrogen-bond donors (Lipinski definition) is 2. The largest absolute Gasteiger partial charge is 0.379 e. The molecule has 2 heterocycles. The molecule has 3 rings (SSSR count). The fourth-order valence-corrected chi connectivity index (χ4v) is 3.71. The van der Waals surface area contributed by atoms with E-state index in [0.29, 0.717) is 13.0 Å². The first-order chi connectivity index (χ1) is 14.3. The summed E-state index contributed by atoms with van der Waals surface area (Å²) in [5.74, 6) is 1.08. The van der Waals surface area contributed by atoms with Crippen LogP contribution in [0.1, 0.15) is 38.2 Å². The molecule has 2 saturated heterocycles. The minimum absolute atomic E-state index is 0. The molecule has 0 radical (unpaired) electrons. The van der Waals surface area contributed by atoms with Crippen LogP contribution in [0.15, 0.2) is 29.3 Å². The Hall–Kier alpha value is -1.39. The SMILES string of the molecule is CCNC(=NCc1ccc(N2CCCC2=O)cc1)NCCCCN1CCOCC1.I. The van der Waals surface area contributed by atoms with E-state index < -0.39 is 0 Å². The van der Waals surface area contributed by atoms with Crippen LogP contribution < -0.4 is 15.5 Å². The number of ether oxygens (including phenoxy) is 1. The molecule has 2 aliphatic heterocycles. The summed E-state index contributed by atoms with van der Waals surface area (Å²) >= 11 is 0. The van der Waals surface area contributed by atoms with Gasteiger partial charge in [-0.2, -0.15) is 0 Å². The summed E-state index contributed by atoms with van der Waals surface area (Å²) in [6.45, 7) is 10.3. The molecule has 0 saturated carbocycles. The van der Waals surface area contributed by atoms with Gasteiger partial charge in [-0.3, -0.25) is 9.69 Å². The highest BCUT2D eigenvalue weighted by molar-refractivity contribution is 14.0. The van der Waals surface area contributed by atoms with Crippen molar-refractivity contribution in [2.45, 2.75) is 39.2 Å². The number of nitrogens with one attached hydrogen (secondary N) is 2. The van der Waals surface area contributed by atoms with Gasteiger partial charge < -0.3 is 20.3 Å². The minimum Gasteiger partial charge on any atom is -0.379 e. The van der Waals surface area contributed by atoms with E-state index in [2.05, 4.69) is 34.6 Å². The Balaban J connectivity index is 0.00000320. The molecular formula is C22H36IN5O2. The minimum atomic E-state index is 0. The van der Waals surface area contributed by atoms with E-state index >= 15 is 0 Å². The average molecular weight is 529 g/mol. The van der Waals surface area contributed by atoms with E-state index in [1.165, 1.54) is 6.42 Å². The van der Waals surface area contributed by atoms with Crippen LogP contribution >= 0.6 is 24.0 Å². The van der Waals surface area contributed by atoms with Crippen LogP contribution in [0.2, 0.25) is 0 Å². The Kier molecular flexibility index (Phi) is 11.5. The van der Waals surface area contributed by atoms with Gasteiger partial charge in [0.2, 0.25) is 5.91 Å². The normalized spacial score (nSPS) is 17.7. The van der Waals surface area contributed by atoms with Crippen LogP contribution in [-0.4, -0.2) is 69.2 Å². The number of guanidine groups is 1. The van der Waals surface area contributed by atoms with Crippen molar-refractivity contribution in [1.29, 1.82) is 0 Å². The van der Waals surface area contributed by atoms with E-state index in [0.717, 1.165) is 82.5 Å². The molecule has 0 aromatic heterocycles. The van der Waals surface area contributed by atoms with Crippen LogP contribution in [0.25, 0.3) is 0 Å². The molecule has 0 atom stereocenters. The van der Waals surface area contributed by atoms with Crippen LogP contribution in [0.5, 0.6) is 0 Å². The molecule has 0 aliphatic carbocycles. The highest BCUT2D eigenvalue weighted by Gasteiger charge is 2.21. The van der Waals surface area contributed by atoms with Gasteiger partial charge >= 0.3 is 0 Å². The Bertz CT molecular complexity index is 662. The summed E-state index contributed by atoms with van der Waals surface area (Å²) in [4.78, 5) is 20.9. The standard InChI is InChI=1S/C22H35N5O2.HI/c1-2-23-22(24-11-3-4-12-26-14-16-29-17-15-26)25-18-19-7-9-20(10-8-19)27-13-5-6-21(27)28;/h7-10H,2-6,11-18H2,1H3,(H2,23,24,25);1H. The maximum atomic E-state index is 11.9. The van der Waals surface area contributed by atoms with Gasteiger partial charge in [-0.15, -0.1) is 24.0 Å². The third-order valence-corrected chi connectivity index (χ3v) is 5.38. The number of hydrogen-bond acceptors (Lipinski definition) is 4. The van der Waals surface area contributed by atoms with E-state index in [4.69, 9.17) is 9.73 Å². The molecule has 8 heteroatoms. The number of halogens is 1. The van der Waals surface area contributed by atoms with Crippen LogP contribution in [0, 0.1) is 0 Å². The third kappa shape index (κ3) is 8.03. The molecule has 2 fully saturated rings. The summed E-state index contributed by atoms with van der Waals surface area (Å²) in [6.07, 6.45) is 3.93. The summed E-state index contributed by atoms with van der Waals surface area (Å²) in [5, 5.41) is 6.75. The van der Waals surface area contributed by atoms with Crippen LogP contribution in [0.4, 0.5) is 5.69 Å². The first kappa shape index (κ1) is 24.9. The smallest absolute Gasteiger partial charge is 0.227 e. The van der Waals surface area contributed by atoms with E-state index in [-0.39, 0.29) is 29.9 Å². The fraction of sp³-hybridized carbons (Fsp3) is 0.636. The first-order valence-electron chi connectivity index (χ1n) is 11.0. The molecule has 2 aliphatic rings. The number of benzene rings is 1. The van der Waals surface area contributed by atoms with Crippen molar-refractivity contribution in [2.75, 3.05) is 57.4 Å². The van der Waals surface area contributed by atoms with E-state index in [1.807, 2.05) is 17.0 Å². The van der Waals surface area contributed by atoms with E-state index in [1.54, 1.807) is 0 Å². The highest BCUT2D eigenvalue weighted by Crippen LogP contribution is 2.21. The Morgan fingerprint density at radius 2 is 1.87 bits per heavy atom. The predicted molar refractivity (Wildman–Crippen MR) is 133 cm³/mol. The molecule has 168 valence electrons. The van der Waals surface area contributed by atoms with Gasteiger partial charge in [-0.25, -0.2) is 4.99 Å². The lowest BCUT2D eigenvalue weighted by atomic mass is 10.2. The van der Waals surface area contributed by atoms with Crippen LogP contribution in [0.3, 0.4) is 0 Å². The molecule has 0 spiro atoms. The maximum absolute atomic E-state index is 11.9. The number of morpholine rings is 1. The van der Waals surface area contributed by atoms with Crippen molar-refractivity contribution in [3.63, 3.8) is 0 Å². The first-order valence-corrected chi connectivity index (χ1v) is 11.0.